The second-order valence-corrected chi connectivity index (χ2v) is 10.7. The van der Waals surface area contributed by atoms with Gasteiger partial charge in [-0.25, -0.2) is 0 Å². The second-order valence-electron chi connectivity index (χ2n) is 10.7. The average Bonchev–Trinajstić information content (AvgIpc) is 3.32. The van der Waals surface area contributed by atoms with Gasteiger partial charge in [0, 0.05) is 13.0 Å². The van der Waals surface area contributed by atoms with Crippen molar-refractivity contribution in [1.82, 2.24) is 0 Å². The van der Waals surface area contributed by atoms with Crippen molar-refractivity contribution >= 4 is 6.29 Å². The molecule has 0 amide bonds. The summed E-state index contributed by atoms with van der Waals surface area (Å²) in [6, 6.07) is 0. The van der Waals surface area contributed by atoms with E-state index in [0.29, 0.717) is 17.9 Å². The highest BCUT2D eigenvalue weighted by Crippen LogP contribution is 2.45. The van der Waals surface area contributed by atoms with Crippen LogP contribution in [0.15, 0.2) is 0 Å². The Bertz CT molecular complexity index is 417. The van der Waals surface area contributed by atoms with Gasteiger partial charge in [-0.3, -0.25) is 4.79 Å². The highest BCUT2D eigenvalue weighted by Gasteiger charge is 2.40. The SMILES string of the molecule is CC(C)(CCCCC[C]=O)CCCCCCCCCCCOC1CC2[CH]CC1C2. The normalized spacial score (nSPS) is 23.7. The first-order chi connectivity index (χ1) is 14.1. The number of carbonyl (C=O) groups excluding carboxylic acids is 1. The predicted molar refractivity (Wildman–Crippen MR) is 124 cm³/mol. The zero-order chi connectivity index (χ0) is 20.8. The van der Waals surface area contributed by atoms with Crippen LogP contribution in [0.4, 0.5) is 0 Å². The van der Waals surface area contributed by atoms with E-state index in [-0.39, 0.29) is 0 Å². The van der Waals surface area contributed by atoms with Crippen molar-refractivity contribution in [1.29, 1.82) is 0 Å². The van der Waals surface area contributed by atoms with Crippen LogP contribution in [0.5, 0.6) is 0 Å². The zero-order valence-electron chi connectivity index (χ0n) is 19.6. The molecule has 2 nitrogen and oxygen atoms in total. The van der Waals surface area contributed by atoms with Crippen LogP contribution in [-0.2, 0) is 9.53 Å². The third-order valence-corrected chi connectivity index (χ3v) is 7.40. The molecule has 0 aliphatic heterocycles. The van der Waals surface area contributed by atoms with Crippen LogP contribution in [-0.4, -0.2) is 19.0 Å². The molecular formula is C27H48O2. The summed E-state index contributed by atoms with van der Waals surface area (Å²) in [5.74, 6) is 1.74. The molecule has 0 aromatic heterocycles. The minimum absolute atomic E-state index is 0.475. The lowest BCUT2D eigenvalue weighted by molar-refractivity contribution is 0.0198. The summed E-state index contributed by atoms with van der Waals surface area (Å²) in [4.78, 5) is 10.2. The van der Waals surface area contributed by atoms with Gasteiger partial charge in [0.25, 0.3) is 0 Å². The lowest BCUT2D eigenvalue weighted by atomic mass is 9.82. The standard InChI is InChI=1S/C27H48O2/c1-27(2,19-13-9-10-14-20-28)18-12-8-6-4-3-5-7-11-15-21-29-26-23-24-16-17-25(26)22-24/h16,24-26H,3-15,17-19,21-23H2,1-2H3. The molecule has 29 heavy (non-hydrogen) atoms. The molecule has 0 aromatic carbocycles. The maximum absolute atomic E-state index is 10.2. The van der Waals surface area contributed by atoms with Gasteiger partial charge in [-0.1, -0.05) is 78.1 Å². The Morgan fingerprint density at radius 1 is 0.828 bits per heavy atom. The lowest BCUT2D eigenvalue weighted by Crippen LogP contribution is -2.21. The van der Waals surface area contributed by atoms with E-state index < -0.39 is 0 Å². The first kappa shape index (κ1) is 24.9. The van der Waals surface area contributed by atoms with Gasteiger partial charge in [0.1, 0.15) is 0 Å². The van der Waals surface area contributed by atoms with Crippen LogP contribution >= 0.6 is 0 Å². The second kappa shape index (κ2) is 14.6. The molecule has 2 fully saturated rings. The van der Waals surface area contributed by atoms with Crippen molar-refractivity contribution in [2.45, 2.75) is 136 Å². The molecule has 2 bridgehead atoms. The average molecular weight is 405 g/mol. The first-order valence-corrected chi connectivity index (χ1v) is 12.9. The molecule has 2 rings (SSSR count). The Morgan fingerprint density at radius 3 is 1.97 bits per heavy atom. The van der Waals surface area contributed by atoms with Crippen molar-refractivity contribution in [3.63, 3.8) is 0 Å². The van der Waals surface area contributed by atoms with Gasteiger partial charge >= 0.3 is 0 Å². The largest absolute Gasteiger partial charge is 0.378 e. The number of unbranched alkanes of at least 4 members (excludes halogenated alkanes) is 11. The summed E-state index contributed by atoms with van der Waals surface area (Å²) < 4.78 is 6.14. The molecule has 2 aliphatic carbocycles. The van der Waals surface area contributed by atoms with E-state index in [1.165, 1.54) is 103 Å². The van der Waals surface area contributed by atoms with E-state index in [9.17, 15) is 4.79 Å². The zero-order valence-corrected chi connectivity index (χ0v) is 19.6. The Balaban J connectivity index is 1.29. The predicted octanol–water partition coefficient (Wildman–Crippen LogP) is 7.99. The fraction of sp³-hybridized carbons (Fsp3) is 0.926. The van der Waals surface area contributed by atoms with E-state index in [1.54, 1.807) is 0 Å². The highest BCUT2D eigenvalue weighted by molar-refractivity contribution is 5.50. The third-order valence-electron chi connectivity index (χ3n) is 7.40. The van der Waals surface area contributed by atoms with E-state index >= 15 is 0 Å². The summed E-state index contributed by atoms with van der Waals surface area (Å²) in [7, 11) is 0. The van der Waals surface area contributed by atoms with Gasteiger partial charge in [0.05, 0.1) is 6.10 Å². The molecule has 2 radical (unpaired) electrons. The van der Waals surface area contributed by atoms with Crippen molar-refractivity contribution in [3.8, 4) is 0 Å². The molecule has 0 aromatic rings. The fourth-order valence-electron chi connectivity index (χ4n) is 5.42. The van der Waals surface area contributed by atoms with Gasteiger partial charge in [-0.2, -0.15) is 0 Å². The molecule has 0 heterocycles. The van der Waals surface area contributed by atoms with E-state index in [2.05, 4.69) is 20.3 Å². The van der Waals surface area contributed by atoms with Crippen molar-refractivity contribution in [2.75, 3.05) is 6.61 Å². The van der Waals surface area contributed by atoms with Crippen LogP contribution in [0.1, 0.15) is 129 Å². The number of ether oxygens (including phenoxy) is 1. The molecule has 2 aliphatic rings. The van der Waals surface area contributed by atoms with E-state index in [1.807, 2.05) is 6.29 Å². The summed E-state index contributed by atoms with van der Waals surface area (Å²) in [6.45, 7) is 5.83. The highest BCUT2D eigenvalue weighted by atomic mass is 16.5. The van der Waals surface area contributed by atoms with E-state index in [0.717, 1.165) is 24.9 Å². The molecule has 3 atom stereocenters. The molecule has 3 unspecified atom stereocenters. The maximum Gasteiger partial charge on any atom is 0.198 e. The van der Waals surface area contributed by atoms with Gasteiger partial charge in [0.2, 0.25) is 0 Å². The van der Waals surface area contributed by atoms with Gasteiger partial charge in [-0.15, -0.1) is 0 Å². The van der Waals surface area contributed by atoms with Crippen LogP contribution in [0.2, 0.25) is 0 Å². The maximum atomic E-state index is 10.2. The van der Waals surface area contributed by atoms with E-state index in [4.69, 9.17) is 4.74 Å². The Labute approximate surface area is 181 Å². The summed E-state index contributed by atoms with van der Waals surface area (Å²) >= 11 is 0. The van der Waals surface area contributed by atoms with Crippen LogP contribution in [0.3, 0.4) is 0 Å². The Kier molecular flexibility index (Phi) is 12.5. The fourth-order valence-corrected chi connectivity index (χ4v) is 5.42. The molecular weight excluding hydrogens is 356 g/mol. The lowest BCUT2D eigenvalue weighted by Gasteiger charge is -2.24. The molecule has 0 N–H and O–H groups in total. The molecule has 2 heteroatoms. The van der Waals surface area contributed by atoms with Crippen molar-refractivity contribution in [2.24, 2.45) is 17.3 Å². The summed E-state index contributed by atoms with van der Waals surface area (Å²) in [6.07, 6.45) is 28.3. The monoisotopic (exact) mass is 404 g/mol. The molecule has 0 saturated heterocycles. The van der Waals surface area contributed by atoms with Crippen LogP contribution in [0.25, 0.3) is 0 Å². The molecule has 168 valence electrons. The van der Waals surface area contributed by atoms with Crippen LogP contribution in [0, 0.1) is 23.7 Å². The quantitative estimate of drug-likeness (QED) is 0.204. The van der Waals surface area contributed by atoms with Gasteiger partial charge in [0.15, 0.2) is 6.29 Å². The Hall–Kier alpha value is -0.370. The molecule has 0 spiro atoms. The van der Waals surface area contributed by atoms with Crippen molar-refractivity contribution in [3.05, 3.63) is 6.42 Å². The van der Waals surface area contributed by atoms with Crippen LogP contribution < -0.4 is 0 Å². The van der Waals surface area contributed by atoms with Gasteiger partial charge in [-0.05, 0) is 68.6 Å². The number of rotatable bonds is 19. The minimum Gasteiger partial charge on any atom is -0.378 e. The van der Waals surface area contributed by atoms with Gasteiger partial charge < -0.3 is 4.74 Å². The number of fused-ring (bicyclic) bond motifs is 2. The van der Waals surface area contributed by atoms with Crippen molar-refractivity contribution < 1.29 is 9.53 Å². The third kappa shape index (κ3) is 11.0. The first-order valence-electron chi connectivity index (χ1n) is 12.9. The number of hydrogen-bond donors (Lipinski definition) is 0. The Morgan fingerprint density at radius 2 is 1.41 bits per heavy atom. The minimum atomic E-state index is 0.475. The summed E-state index contributed by atoms with van der Waals surface area (Å²) in [5.41, 5.74) is 0.475. The number of hydrogen-bond acceptors (Lipinski definition) is 2. The summed E-state index contributed by atoms with van der Waals surface area (Å²) in [5, 5.41) is 0. The topological polar surface area (TPSA) is 26.3 Å². The molecule has 2 saturated carbocycles. The smallest absolute Gasteiger partial charge is 0.198 e.